The highest BCUT2D eigenvalue weighted by Gasteiger charge is 2.23. The van der Waals surface area contributed by atoms with Crippen LogP contribution in [0.2, 0.25) is 0 Å². The molecule has 0 bridgehead atoms. The molecular weight excluding hydrogens is 234 g/mol. The molecule has 0 aromatic heterocycles. The lowest BCUT2D eigenvalue weighted by Gasteiger charge is -2.06. The number of benzene rings is 1. The zero-order valence-electron chi connectivity index (χ0n) is 10.6. The van der Waals surface area contributed by atoms with E-state index in [0.717, 1.165) is 19.3 Å². The second kappa shape index (κ2) is 6.74. The van der Waals surface area contributed by atoms with Crippen molar-refractivity contribution in [1.82, 2.24) is 0 Å². The van der Waals surface area contributed by atoms with Crippen molar-refractivity contribution in [3.8, 4) is 0 Å². The van der Waals surface area contributed by atoms with E-state index in [9.17, 15) is 14.9 Å². The Kier molecular flexibility index (Phi) is 5.30. The second-order valence-electron chi connectivity index (χ2n) is 4.07. The van der Waals surface area contributed by atoms with Gasteiger partial charge in [0.05, 0.1) is 11.5 Å². The Bertz CT molecular complexity index is 443. The van der Waals surface area contributed by atoms with Gasteiger partial charge in [0.15, 0.2) is 0 Å². The van der Waals surface area contributed by atoms with Crippen LogP contribution in [0, 0.1) is 17.0 Å². The van der Waals surface area contributed by atoms with Crippen molar-refractivity contribution in [2.75, 3.05) is 6.61 Å². The Morgan fingerprint density at radius 3 is 2.72 bits per heavy atom. The maximum absolute atomic E-state index is 11.8. The highest BCUT2D eigenvalue weighted by atomic mass is 16.6. The van der Waals surface area contributed by atoms with E-state index in [1.54, 1.807) is 19.1 Å². The van der Waals surface area contributed by atoms with Crippen LogP contribution in [0.4, 0.5) is 5.69 Å². The van der Waals surface area contributed by atoms with Crippen LogP contribution in [0.3, 0.4) is 0 Å². The van der Waals surface area contributed by atoms with Crippen LogP contribution in [0.15, 0.2) is 18.2 Å². The van der Waals surface area contributed by atoms with Gasteiger partial charge in [0.2, 0.25) is 0 Å². The molecule has 98 valence electrons. The van der Waals surface area contributed by atoms with Crippen molar-refractivity contribution < 1.29 is 14.5 Å². The Labute approximate surface area is 106 Å². The first-order chi connectivity index (χ1) is 8.57. The van der Waals surface area contributed by atoms with E-state index in [4.69, 9.17) is 4.74 Å². The number of aryl methyl sites for hydroxylation is 1. The highest BCUT2D eigenvalue weighted by Crippen LogP contribution is 2.23. The smallest absolute Gasteiger partial charge is 0.345 e. The summed E-state index contributed by atoms with van der Waals surface area (Å²) in [5.74, 6) is -0.624. The van der Waals surface area contributed by atoms with E-state index in [0.29, 0.717) is 12.2 Å². The molecule has 0 aliphatic rings. The van der Waals surface area contributed by atoms with Crippen molar-refractivity contribution in [2.45, 2.75) is 33.1 Å². The van der Waals surface area contributed by atoms with Gasteiger partial charge in [-0.15, -0.1) is 0 Å². The van der Waals surface area contributed by atoms with Gasteiger partial charge in [0, 0.05) is 5.56 Å². The molecule has 5 nitrogen and oxygen atoms in total. The van der Waals surface area contributed by atoms with Crippen LogP contribution < -0.4 is 0 Å². The van der Waals surface area contributed by atoms with Crippen LogP contribution in [0.1, 0.15) is 42.1 Å². The molecule has 5 heteroatoms. The van der Waals surface area contributed by atoms with Gasteiger partial charge in [-0.1, -0.05) is 31.9 Å². The zero-order chi connectivity index (χ0) is 13.5. The summed E-state index contributed by atoms with van der Waals surface area (Å²) in [7, 11) is 0. The summed E-state index contributed by atoms with van der Waals surface area (Å²) in [6, 6.07) is 4.64. The third kappa shape index (κ3) is 3.55. The number of ether oxygens (including phenoxy) is 1. The van der Waals surface area contributed by atoms with E-state index in [1.807, 2.05) is 6.92 Å². The fourth-order valence-electron chi connectivity index (χ4n) is 1.66. The summed E-state index contributed by atoms with van der Waals surface area (Å²) in [4.78, 5) is 22.1. The van der Waals surface area contributed by atoms with Crippen molar-refractivity contribution in [2.24, 2.45) is 0 Å². The number of hydrogen-bond donors (Lipinski definition) is 0. The molecule has 0 radical (unpaired) electrons. The molecule has 0 saturated heterocycles. The number of rotatable bonds is 6. The van der Waals surface area contributed by atoms with Crippen LogP contribution in [0.5, 0.6) is 0 Å². The van der Waals surface area contributed by atoms with Gasteiger partial charge in [-0.25, -0.2) is 4.79 Å². The third-order valence-corrected chi connectivity index (χ3v) is 2.62. The molecule has 0 N–H and O–H groups in total. The van der Waals surface area contributed by atoms with Gasteiger partial charge in [0.1, 0.15) is 5.56 Å². The first-order valence-corrected chi connectivity index (χ1v) is 5.99. The molecule has 1 aromatic rings. The highest BCUT2D eigenvalue weighted by molar-refractivity contribution is 5.94. The monoisotopic (exact) mass is 251 g/mol. The molecule has 0 heterocycles. The first-order valence-electron chi connectivity index (χ1n) is 5.99. The summed E-state index contributed by atoms with van der Waals surface area (Å²) >= 11 is 0. The zero-order valence-corrected chi connectivity index (χ0v) is 10.6. The Morgan fingerprint density at radius 2 is 2.11 bits per heavy atom. The predicted molar refractivity (Wildman–Crippen MR) is 67.6 cm³/mol. The lowest BCUT2D eigenvalue weighted by Crippen LogP contribution is -2.10. The first kappa shape index (κ1) is 14.2. The number of para-hydroxylation sites is 1. The number of carbonyl (C=O) groups excluding carboxylic acids is 1. The average Bonchev–Trinajstić information content (AvgIpc) is 2.33. The number of unbranched alkanes of at least 4 members (excludes halogenated alkanes) is 2. The average molecular weight is 251 g/mol. The second-order valence-corrected chi connectivity index (χ2v) is 4.07. The molecule has 0 amide bonds. The minimum Gasteiger partial charge on any atom is -0.462 e. The van der Waals surface area contributed by atoms with Crippen LogP contribution in [-0.2, 0) is 4.74 Å². The van der Waals surface area contributed by atoms with Crippen molar-refractivity contribution in [3.05, 3.63) is 39.4 Å². The van der Waals surface area contributed by atoms with Crippen LogP contribution in [-0.4, -0.2) is 17.5 Å². The number of nitrogens with zero attached hydrogens (tertiary/aromatic N) is 1. The number of nitro groups is 1. The van der Waals surface area contributed by atoms with Gasteiger partial charge in [-0.05, 0) is 19.4 Å². The maximum atomic E-state index is 11.8. The molecule has 18 heavy (non-hydrogen) atoms. The van der Waals surface area contributed by atoms with Crippen LogP contribution in [0.25, 0.3) is 0 Å². The molecule has 0 saturated carbocycles. The fourth-order valence-corrected chi connectivity index (χ4v) is 1.66. The number of nitro benzene ring substituents is 1. The van der Waals surface area contributed by atoms with Gasteiger partial charge in [-0.2, -0.15) is 0 Å². The lowest BCUT2D eigenvalue weighted by molar-refractivity contribution is -0.385. The van der Waals surface area contributed by atoms with Crippen LogP contribution >= 0.6 is 0 Å². The Morgan fingerprint density at radius 1 is 1.39 bits per heavy atom. The molecular formula is C13H17NO4. The molecule has 1 aromatic carbocycles. The van der Waals surface area contributed by atoms with E-state index < -0.39 is 10.9 Å². The normalized spacial score (nSPS) is 10.1. The summed E-state index contributed by atoms with van der Waals surface area (Å²) < 4.78 is 5.03. The Balaban J connectivity index is 2.79. The maximum Gasteiger partial charge on any atom is 0.345 e. The SMILES string of the molecule is CCCCCOC(=O)c1cccc(C)c1[N+](=O)[O-]. The van der Waals surface area contributed by atoms with Crippen molar-refractivity contribution in [1.29, 1.82) is 0 Å². The minimum absolute atomic E-state index is 0.0245. The molecule has 1 rings (SSSR count). The van der Waals surface area contributed by atoms with Gasteiger partial charge in [-0.3, -0.25) is 10.1 Å². The molecule has 0 atom stereocenters. The molecule has 0 fully saturated rings. The number of carbonyl (C=O) groups is 1. The summed E-state index contributed by atoms with van der Waals surface area (Å²) in [6.45, 7) is 3.96. The third-order valence-electron chi connectivity index (χ3n) is 2.62. The Hall–Kier alpha value is -1.91. The molecule has 0 spiro atoms. The van der Waals surface area contributed by atoms with Crippen molar-refractivity contribution in [3.63, 3.8) is 0 Å². The minimum atomic E-state index is -0.624. The number of hydrogen-bond acceptors (Lipinski definition) is 4. The fraction of sp³-hybridized carbons (Fsp3) is 0.462. The predicted octanol–water partition coefficient (Wildman–Crippen LogP) is 3.25. The van der Waals surface area contributed by atoms with Gasteiger partial charge >= 0.3 is 5.97 Å². The largest absolute Gasteiger partial charge is 0.462 e. The van der Waals surface area contributed by atoms with Gasteiger partial charge < -0.3 is 4.74 Å². The summed E-state index contributed by atoms with van der Waals surface area (Å²) in [5, 5.41) is 10.9. The quantitative estimate of drug-likeness (QED) is 0.337. The van der Waals surface area contributed by atoms with Crippen molar-refractivity contribution >= 4 is 11.7 Å². The van der Waals surface area contributed by atoms with E-state index in [-0.39, 0.29) is 11.3 Å². The van der Waals surface area contributed by atoms with E-state index >= 15 is 0 Å². The molecule has 0 aliphatic heterocycles. The molecule has 0 unspecified atom stereocenters. The van der Waals surface area contributed by atoms with Gasteiger partial charge in [0.25, 0.3) is 5.69 Å². The van der Waals surface area contributed by atoms with E-state index in [2.05, 4.69) is 0 Å². The standard InChI is InChI=1S/C13H17NO4/c1-3-4-5-9-18-13(15)11-8-6-7-10(2)12(11)14(16)17/h6-8H,3-5,9H2,1-2H3. The lowest BCUT2D eigenvalue weighted by atomic mass is 10.1. The molecule has 0 aliphatic carbocycles. The summed E-state index contributed by atoms with van der Waals surface area (Å²) in [6.07, 6.45) is 2.78. The number of esters is 1. The topological polar surface area (TPSA) is 69.4 Å². The summed E-state index contributed by atoms with van der Waals surface area (Å²) in [5.41, 5.74) is 0.317. The van der Waals surface area contributed by atoms with E-state index in [1.165, 1.54) is 6.07 Å².